The molecule has 1 saturated heterocycles. The first-order valence-corrected chi connectivity index (χ1v) is 7.54. The molecule has 1 aliphatic rings. The molecule has 2 heterocycles. The first kappa shape index (κ1) is 14.6. The molecule has 0 saturated carbocycles. The van der Waals surface area contributed by atoms with Crippen molar-refractivity contribution in [1.82, 2.24) is 9.78 Å². The van der Waals surface area contributed by atoms with Gasteiger partial charge in [0.15, 0.2) is 0 Å². The second kappa shape index (κ2) is 4.58. The van der Waals surface area contributed by atoms with Crippen molar-refractivity contribution in [1.29, 1.82) is 0 Å². The second-order valence-electron chi connectivity index (χ2n) is 7.09. The zero-order valence-corrected chi connectivity index (χ0v) is 13.7. The first-order valence-electron chi connectivity index (χ1n) is 7.54. The van der Waals surface area contributed by atoms with Crippen LogP contribution >= 0.6 is 0 Å². The summed E-state index contributed by atoms with van der Waals surface area (Å²) in [6, 6.07) is 6.61. The number of hydrogen-bond donors (Lipinski definition) is 0. The fourth-order valence-electron chi connectivity index (χ4n) is 2.59. The van der Waals surface area contributed by atoms with Crippen molar-refractivity contribution in [2.24, 2.45) is 0 Å². The lowest BCUT2D eigenvalue weighted by Crippen LogP contribution is -2.41. The van der Waals surface area contributed by atoms with Crippen LogP contribution in [0.5, 0.6) is 0 Å². The quantitative estimate of drug-likeness (QED) is 0.796. The fourth-order valence-corrected chi connectivity index (χ4v) is 2.59. The van der Waals surface area contributed by atoms with Gasteiger partial charge < -0.3 is 9.31 Å². The average molecular weight is 286 g/mol. The molecule has 0 atom stereocenters. The topological polar surface area (TPSA) is 36.3 Å². The predicted molar refractivity (Wildman–Crippen MR) is 85.8 cm³/mol. The summed E-state index contributed by atoms with van der Waals surface area (Å²) in [6.45, 7) is 12.6. The van der Waals surface area contributed by atoms with Crippen LogP contribution in [0.2, 0.25) is 0 Å². The molecule has 0 N–H and O–H groups in total. The van der Waals surface area contributed by atoms with Gasteiger partial charge >= 0.3 is 7.12 Å². The number of nitrogens with zero attached hydrogens (tertiary/aromatic N) is 2. The maximum absolute atomic E-state index is 6.12. The minimum Gasteiger partial charge on any atom is -0.399 e. The van der Waals surface area contributed by atoms with Gasteiger partial charge in [-0.25, -0.2) is 0 Å². The SMILES string of the molecule is CC(C)n1ncc2ccc(B3OC(C)(C)C(C)(C)O3)cc21. The molecule has 1 aliphatic heterocycles. The van der Waals surface area contributed by atoms with Crippen LogP contribution in [0.3, 0.4) is 0 Å². The van der Waals surface area contributed by atoms with Crippen LogP contribution in [0.1, 0.15) is 47.6 Å². The summed E-state index contributed by atoms with van der Waals surface area (Å²) in [5, 5.41) is 5.60. The second-order valence-corrected chi connectivity index (χ2v) is 7.09. The predicted octanol–water partition coefficient (Wildman–Crippen LogP) is 2.92. The maximum Gasteiger partial charge on any atom is 0.494 e. The highest BCUT2D eigenvalue weighted by atomic mass is 16.7. The lowest BCUT2D eigenvalue weighted by Gasteiger charge is -2.32. The Labute approximate surface area is 126 Å². The maximum atomic E-state index is 6.12. The number of aromatic nitrogens is 2. The lowest BCUT2D eigenvalue weighted by molar-refractivity contribution is 0.00578. The molecule has 5 heteroatoms. The highest BCUT2D eigenvalue weighted by Gasteiger charge is 2.51. The summed E-state index contributed by atoms with van der Waals surface area (Å²) in [5.41, 5.74) is 1.54. The smallest absolute Gasteiger partial charge is 0.399 e. The molecule has 1 aromatic heterocycles. The van der Waals surface area contributed by atoms with E-state index in [0.717, 1.165) is 16.4 Å². The van der Waals surface area contributed by atoms with Gasteiger partial charge in [-0.3, -0.25) is 4.68 Å². The molecule has 0 unspecified atom stereocenters. The van der Waals surface area contributed by atoms with Crippen molar-refractivity contribution in [2.45, 2.75) is 58.8 Å². The van der Waals surface area contributed by atoms with E-state index in [9.17, 15) is 0 Å². The third-order valence-electron chi connectivity index (χ3n) is 4.64. The monoisotopic (exact) mass is 286 g/mol. The molecule has 1 fully saturated rings. The van der Waals surface area contributed by atoms with Gasteiger partial charge in [0.2, 0.25) is 0 Å². The molecular weight excluding hydrogens is 263 g/mol. The Hall–Kier alpha value is -1.33. The van der Waals surface area contributed by atoms with Crippen molar-refractivity contribution >= 4 is 23.5 Å². The molecule has 2 aromatic rings. The summed E-state index contributed by atoms with van der Waals surface area (Å²) in [7, 11) is -0.324. The van der Waals surface area contributed by atoms with Gasteiger partial charge in [-0.1, -0.05) is 12.1 Å². The first-order chi connectivity index (χ1) is 9.71. The lowest BCUT2D eigenvalue weighted by atomic mass is 9.79. The molecule has 0 radical (unpaired) electrons. The number of hydrogen-bond acceptors (Lipinski definition) is 3. The Morgan fingerprint density at radius 2 is 1.71 bits per heavy atom. The van der Waals surface area contributed by atoms with Crippen molar-refractivity contribution in [3.63, 3.8) is 0 Å². The summed E-state index contributed by atoms with van der Waals surface area (Å²) in [6.07, 6.45) is 1.91. The molecule has 1 aromatic carbocycles. The van der Waals surface area contributed by atoms with Gasteiger partial charge in [0.1, 0.15) is 0 Å². The Kier molecular flexibility index (Phi) is 3.19. The van der Waals surface area contributed by atoms with E-state index in [2.05, 4.69) is 64.8 Å². The van der Waals surface area contributed by atoms with E-state index in [1.54, 1.807) is 0 Å². The van der Waals surface area contributed by atoms with Gasteiger partial charge in [-0.15, -0.1) is 0 Å². The van der Waals surface area contributed by atoms with Crippen molar-refractivity contribution in [3.05, 3.63) is 24.4 Å². The van der Waals surface area contributed by atoms with Crippen LogP contribution in [0, 0.1) is 0 Å². The number of rotatable bonds is 2. The molecule has 112 valence electrons. The summed E-state index contributed by atoms with van der Waals surface area (Å²) < 4.78 is 14.3. The highest BCUT2D eigenvalue weighted by molar-refractivity contribution is 6.62. The molecule has 0 aliphatic carbocycles. The molecule has 0 spiro atoms. The van der Waals surface area contributed by atoms with Crippen LogP contribution in [-0.4, -0.2) is 28.1 Å². The average Bonchev–Trinajstić information content (AvgIpc) is 2.87. The fraction of sp³-hybridized carbons (Fsp3) is 0.562. The summed E-state index contributed by atoms with van der Waals surface area (Å²) in [5.74, 6) is 0. The van der Waals surface area contributed by atoms with E-state index >= 15 is 0 Å². The van der Waals surface area contributed by atoms with Gasteiger partial charge in [0.05, 0.1) is 22.9 Å². The van der Waals surface area contributed by atoms with Crippen molar-refractivity contribution in [3.8, 4) is 0 Å². The third-order valence-corrected chi connectivity index (χ3v) is 4.64. The molecule has 0 bridgehead atoms. The summed E-state index contributed by atoms with van der Waals surface area (Å²) >= 11 is 0. The minimum absolute atomic E-state index is 0.315. The molecule has 21 heavy (non-hydrogen) atoms. The van der Waals surface area contributed by atoms with Crippen LogP contribution in [0.4, 0.5) is 0 Å². The van der Waals surface area contributed by atoms with Gasteiger partial charge in [0.25, 0.3) is 0 Å². The molecular formula is C16H23BN2O2. The van der Waals surface area contributed by atoms with E-state index in [4.69, 9.17) is 9.31 Å². The number of benzene rings is 1. The van der Waals surface area contributed by atoms with Crippen molar-refractivity contribution < 1.29 is 9.31 Å². The van der Waals surface area contributed by atoms with Gasteiger partial charge in [-0.05, 0) is 53.1 Å². The van der Waals surface area contributed by atoms with E-state index in [1.807, 2.05) is 10.9 Å². The van der Waals surface area contributed by atoms with Gasteiger partial charge in [-0.2, -0.15) is 5.10 Å². The van der Waals surface area contributed by atoms with Crippen LogP contribution < -0.4 is 5.46 Å². The Morgan fingerprint density at radius 3 is 2.29 bits per heavy atom. The van der Waals surface area contributed by atoms with E-state index in [0.29, 0.717) is 6.04 Å². The van der Waals surface area contributed by atoms with Crippen LogP contribution in [0.25, 0.3) is 10.9 Å². The minimum atomic E-state index is -0.324. The largest absolute Gasteiger partial charge is 0.494 e. The van der Waals surface area contributed by atoms with E-state index in [-0.39, 0.29) is 18.3 Å². The zero-order valence-electron chi connectivity index (χ0n) is 13.7. The van der Waals surface area contributed by atoms with E-state index < -0.39 is 0 Å². The van der Waals surface area contributed by atoms with E-state index in [1.165, 1.54) is 0 Å². The molecule has 4 nitrogen and oxygen atoms in total. The molecule has 3 rings (SSSR count). The Balaban J connectivity index is 2.01. The van der Waals surface area contributed by atoms with Crippen LogP contribution in [0.15, 0.2) is 24.4 Å². The standard InChI is InChI=1S/C16H23BN2O2/c1-11(2)19-14-9-13(8-7-12(14)10-18-19)17-20-15(3,4)16(5,6)21-17/h7-11H,1-6H3. The highest BCUT2D eigenvalue weighted by Crippen LogP contribution is 2.36. The Morgan fingerprint density at radius 1 is 1.10 bits per heavy atom. The normalized spacial score (nSPS) is 20.6. The zero-order chi connectivity index (χ0) is 15.4. The summed E-state index contributed by atoms with van der Waals surface area (Å²) in [4.78, 5) is 0. The molecule has 0 amide bonds. The van der Waals surface area contributed by atoms with Gasteiger partial charge in [0, 0.05) is 11.4 Å². The van der Waals surface area contributed by atoms with Crippen molar-refractivity contribution in [2.75, 3.05) is 0 Å². The number of fused-ring (bicyclic) bond motifs is 1. The van der Waals surface area contributed by atoms with Crippen LogP contribution in [-0.2, 0) is 9.31 Å². The Bertz CT molecular complexity index is 660. The third kappa shape index (κ3) is 2.28.